The van der Waals surface area contributed by atoms with Gasteiger partial charge in [-0.25, -0.2) is 4.39 Å². The third kappa shape index (κ3) is 2.58. The minimum absolute atomic E-state index is 0.106. The van der Waals surface area contributed by atoms with Crippen LogP contribution in [-0.4, -0.2) is 26.3 Å². The summed E-state index contributed by atoms with van der Waals surface area (Å²) in [6.45, 7) is 1.31. The highest BCUT2D eigenvalue weighted by molar-refractivity contribution is 5.57. The quantitative estimate of drug-likeness (QED) is 0.851. The third-order valence-electron chi connectivity index (χ3n) is 3.84. The largest absolute Gasteiger partial charge is 0.418 e. The van der Waals surface area contributed by atoms with E-state index in [0.717, 1.165) is 29.9 Å². The normalized spacial score (nSPS) is 21.2. The Bertz CT molecular complexity index is 651. The number of halogens is 4. The summed E-state index contributed by atoms with van der Waals surface area (Å²) >= 11 is 0. The SMILES string of the molecule is CN(c1ccc(F)cc1C(F)(F)F)C1N=NC2=C1CCNC2. The van der Waals surface area contributed by atoms with Crippen LogP contribution < -0.4 is 10.2 Å². The molecule has 3 rings (SSSR count). The van der Waals surface area contributed by atoms with E-state index < -0.39 is 23.7 Å². The van der Waals surface area contributed by atoms with E-state index >= 15 is 0 Å². The Labute approximate surface area is 124 Å². The standard InChI is InChI=1S/C14H14F4N4/c1-22(13-9-4-5-19-7-11(9)20-21-13)12-3-2-8(15)6-10(12)14(16,17)18/h2-3,6,13,19H,4-5,7H2,1H3. The van der Waals surface area contributed by atoms with Gasteiger partial charge in [0.1, 0.15) is 5.82 Å². The van der Waals surface area contributed by atoms with Crippen LogP contribution in [-0.2, 0) is 6.18 Å². The van der Waals surface area contributed by atoms with E-state index in [0.29, 0.717) is 19.0 Å². The molecule has 0 aliphatic carbocycles. The Kier molecular flexibility index (Phi) is 3.64. The van der Waals surface area contributed by atoms with Gasteiger partial charge in [0.2, 0.25) is 0 Å². The number of benzene rings is 1. The molecule has 2 aliphatic rings. The monoisotopic (exact) mass is 314 g/mol. The van der Waals surface area contributed by atoms with Crippen molar-refractivity contribution in [2.24, 2.45) is 10.2 Å². The first-order valence-electron chi connectivity index (χ1n) is 6.81. The van der Waals surface area contributed by atoms with Gasteiger partial charge >= 0.3 is 6.18 Å². The maximum atomic E-state index is 13.2. The number of rotatable bonds is 2. The second-order valence-corrected chi connectivity index (χ2v) is 5.26. The summed E-state index contributed by atoms with van der Waals surface area (Å²) in [5.74, 6) is -0.917. The number of hydrogen-bond acceptors (Lipinski definition) is 4. The molecule has 1 N–H and O–H groups in total. The fraction of sp³-hybridized carbons (Fsp3) is 0.429. The van der Waals surface area contributed by atoms with Gasteiger partial charge in [-0.05, 0) is 31.2 Å². The zero-order valence-electron chi connectivity index (χ0n) is 11.8. The van der Waals surface area contributed by atoms with Gasteiger partial charge in [0.25, 0.3) is 0 Å². The number of likely N-dealkylation sites (N-methyl/N-ethyl adjacent to an activating group) is 1. The predicted octanol–water partition coefficient (Wildman–Crippen LogP) is 3.32. The topological polar surface area (TPSA) is 40.0 Å². The van der Waals surface area contributed by atoms with Gasteiger partial charge in [0, 0.05) is 19.2 Å². The van der Waals surface area contributed by atoms with Gasteiger partial charge in [-0.15, -0.1) is 0 Å². The van der Waals surface area contributed by atoms with E-state index in [1.165, 1.54) is 11.9 Å². The summed E-state index contributed by atoms with van der Waals surface area (Å²) in [5.41, 5.74) is 0.579. The first-order chi connectivity index (χ1) is 10.4. The highest BCUT2D eigenvalue weighted by atomic mass is 19.4. The van der Waals surface area contributed by atoms with Gasteiger partial charge in [0.05, 0.1) is 16.9 Å². The average Bonchev–Trinajstić information content (AvgIpc) is 2.89. The lowest BCUT2D eigenvalue weighted by Gasteiger charge is -2.29. The summed E-state index contributed by atoms with van der Waals surface area (Å²) in [6.07, 6.45) is -4.52. The van der Waals surface area contributed by atoms with Crippen LogP contribution in [0.25, 0.3) is 0 Å². The summed E-state index contributed by atoms with van der Waals surface area (Å²) in [5, 5.41) is 11.3. The van der Waals surface area contributed by atoms with Gasteiger partial charge in [0.15, 0.2) is 6.17 Å². The predicted molar refractivity (Wildman–Crippen MR) is 73.0 cm³/mol. The van der Waals surface area contributed by atoms with Crippen molar-refractivity contribution in [3.63, 3.8) is 0 Å². The Balaban J connectivity index is 1.98. The van der Waals surface area contributed by atoms with E-state index in [4.69, 9.17) is 0 Å². The zero-order valence-corrected chi connectivity index (χ0v) is 11.8. The van der Waals surface area contributed by atoms with Crippen molar-refractivity contribution >= 4 is 5.69 Å². The van der Waals surface area contributed by atoms with Crippen molar-refractivity contribution in [2.45, 2.75) is 18.8 Å². The first kappa shape index (κ1) is 15.0. The fourth-order valence-electron chi connectivity index (χ4n) is 2.75. The number of azo groups is 1. The first-order valence-corrected chi connectivity index (χ1v) is 6.81. The molecule has 2 heterocycles. The molecule has 0 spiro atoms. The van der Waals surface area contributed by atoms with Crippen molar-refractivity contribution in [3.05, 3.63) is 40.8 Å². The van der Waals surface area contributed by atoms with Crippen LogP contribution in [0.5, 0.6) is 0 Å². The lowest BCUT2D eigenvalue weighted by Crippen LogP contribution is -2.35. The molecule has 0 saturated heterocycles. The number of nitrogens with one attached hydrogen (secondary N) is 1. The van der Waals surface area contributed by atoms with Crippen LogP contribution in [0.15, 0.2) is 39.7 Å². The lowest BCUT2D eigenvalue weighted by atomic mass is 10.0. The van der Waals surface area contributed by atoms with Crippen molar-refractivity contribution < 1.29 is 17.6 Å². The minimum Gasteiger partial charge on any atom is -0.347 e. The van der Waals surface area contributed by atoms with Gasteiger partial charge in [-0.1, -0.05) is 0 Å². The van der Waals surface area contributed by atoms with Crippen LogP contribution in [0.2, 0.25) is 0 Å². The number of hydrogen-bond donors (Lipinski definition) is 1. The highest BCUT2D eigenvalue weighted by Crippen LogP contribution is 2.39. The Hall–Kier alpha value is -1.96. The molecule has 0 saturated carbocycles. The molecule has 22 heavy (non-hydrogen) atoms. The molecule has 0 radical (unpaired) electrons. The maximum Gasteiger partial charge on any atom is 0.418 e. The van der Waals surface area contributed by atoms with Gasteiger partial charge < -0.3 is 10.2 Å². The fourth-order valence-corrected chi connectivity index (χ4v) is 2.75. The summed E-state index contributed by atoms with van der Waals surface area (Å²) in [4.78, 5) is 1.40. The van der Waals surface area contributed by atoms with Crippen LogP contribution >= 0.6 is 0 Å². The molecule has 0 aromatic heterocycles. The maximum absolute atomic E-state index is 13.2. The molecular formula is C14H14F4N4. The highest BCUT2D eigenvalue weighted by Gasteiger charge is 2.37. The van der Waals surface area contributed by atoms with E-state index in [9.17, 15) is 17.6 Å². The van der Waals surface area contributed by atoms with Crippen molar-refractivity contribution in [3.8, 4) is 0 Å². The molecule has 2 aliphatic heterocycles. The number of alkyl halides is 3. The van der Waals surface area contributed by atoms with Crippen LogP contribution in [0.1, 0.15) is 12.0 Å². The second kappa shape index (κ2) is 5.35. The lowest BCUT2D eigenvalue weighted by molar-refractivity contribution is -0.137. The van der Waals surface area contributed by atoms with Crippen molar-refractivity contribution in [1.82, 2.24) is 5.32 Å². The van der Waals surface area contributed by atoms with E-state index in [2.05, 4.69) is 15.5 Å². The molecule has 0 fully saturated rings. The summed E-state index contributed by atoms with van der Waals surface area (Å²) in [7, 11) is 1.52. The molecule has 1 unspecified atom stereocenters. The van der Waals surface area contributed by atoms with E-state index in [1.807, 2.05) is 0 Å². The summed E-state index contributed by atoms with van der Waals surface area (Å²) in [6, 6.07) is 2.66. The Morgan fingerprint density at radius 3 is 2.82 bits per heavy atom. The summed E-state index contributed by atoms with van der Waals surface area (Å²) < 4.78 is 52.6. The zero-order chi connectivity index (χ0) is 15.9. The molecule has 1 aromatic carbocycles. The Morgan fingerprint density at radius 1 is 1.32 bits per heavy atom. The smallest absolute Gasteiger partial charge is 0.347 e. The molecule has 4 nitrogen and oxygen atoms in total. The molecular weight excluding hydrogens is 300 g/mol. The molecule has 0 amide bonds. The second-order valence-electron chi connectivity index (χ2n) is 5.26. The molecule has 118 valence electrons. The molecule has 1 atom stereocenters. The van der Waals surface area contributed by atoms with Gasteiger partial charge in [-0.3, -0.25) is 0 Å². The van der Waals surface area contributed by atoms with Crippen molar-refractivity contribution in [1.29, 1.82) is 0 Å². The Morgan fingerprint density at radius 2 is 2.09 bits per heavy atom. The molecule has 1 aromatic rings. The van der Waals surface area contributed by atoms with Crippen LogP contribution in [0.4, 0.5) is 23.2 Å². The third-order valence-corrected chi connectivity index (χ3v) is 3.84. The van der Waals surface area contributed by atoms with Crippen LogP contribution in [0, 0.1) is 5.82 Å². The average molecular weight is 314 g/mol. The minimum atomic E-state index is -4.63. The van der Waals surface area contributed by atoms with Crippen molar-refractivity contribution in [2.75, 3.05) is 25.0 Å². The number of anilines is 1. The van der Waals surface area contributed by atoms with E-state index in [-0.39, 0.29) is 5.69 Å². The van der Waals surface area contributed by atoms with Gasteiger partial charge in [-0.2, -0.15) is 23.4 Å². The number of nitrogens with zero attached hydrogens (tertiary/aromatic N) is 3. The molecule has 0 bridgehead atoms. The van der Waals surface area contributed by atoms with E-state index in [1.54, 1.807) is 0 Å². The van der Waals surface area contributed by atoms with Crippen LogP contribution in [0.3, 0.4) is 0 Å². The molecule has 8 heteroatoms.